The number of benzene rings is 1. The van der Waals surface area contributed by atoms with Gasteiger partial charge in [-0.1, -0.05) is 32.9 Å². The van der Waals surface area contributed by atoms with Crippen molar-refractivity contribution < 1.29 is 33.8 Å². The number of anilines is 1. The van der Waals surface area contributed by atoms with Crippen molar-refractivity contribution in [1.29, 1.82) is 0 Å². The summed E-state index contributed by atoms with van der Waals surface area (Å²) in [6.07, 6.45) is 5.71. The number of fused-ring (bicyclic) bond motifs is 1. The molecule has 0 radical (unpaired) electrons. The largest absolute Gasteiger partial charge is 0.488 e. The van der Waals surface area contributed by atoms with Crippen LogP contribution in [0.1, 0.15) is 73.1 Å². The molecule has 15 heteroatoms. The zero-order chi connectivity index (χ0) is 38.9. The van der Waals surface area contributed by atoms with Crippen LogP contribution < -0.4 is 20.7 Å². The molecule has 0 bridgehead atoms. The Kier molecular flexibility index (Phi) is 11.5. The van der Waals surface area contributed by atoms with Crippen molar-refractivity contribution in [2.75, 3.05) is 18.1 Å². The Morgan fingerprint density at radius 3 is 2.50 bits per heavy atom. The number of nitrogens with zero attached hydrogens (tertiary/aromatic N) is 3. The van der Waals surface area contributed by atoms with Gasteiger partial charge in [0, 0.05) is 40.1 Å². The van der Waals surface area contributed by atoms with E-state index < -0.39 is 58.9 Å². The fraction of sp³-hybridized carbons (Fsp3) is 0.538. The summed E-state index contributed by atoms with van der Waals surface area (Å²) in [6, 6.07) is 5.74. The summed E-state index contributed by atoms with van der Waals surface area (Å²) in [5.74, 6) is -2.20. The number of carbonyl (C=O) groups excluding carboxylic acids is 3. The number of aromatic nitrogens is 2. The van der Waals surface area contributed by atoms with Crippen molar-refractivity contribution in [3.63, 3.8) is 0 Å². The van der Waals surface area contributed by atoms with E-state index in [1.807, 2.05) is 70.5 Å². The number of rotatable bonds is 13. The van der Waals surface area contributed by atoms with Crippen LogP contribution in [0.5, 0.6) is 5.75 Å². The highest BCUT2D eigenvalue weighted by atomic mass is 32.2. The van der Waals surface area contributed by atoms with Gasteiger partial charge < -0.3 is 35.4 Å². The van der Waals surface area contributed by atoms with Crippen LogP contribution in [0.4, 0.5) is 9.93 Å². The first kappa shape index (κ1) is 39.3. The van der Waals surface area contributed by atoms with E-state index in [4.69, 9.17) is 19.4 Å². The minimum Gasteiger partial charge on any atom is -0.488 e. The Morgan fingerprint density at radius 1 is 1.13 bits per heavy atom. The lowest BCUT2D eigenvalue weighted by atomic mass is 9.85. The molecule has 1 aliphatic heterocycles. The van der Waals surface area contributed by atoms with Crippen LogP contribution in [0.2, 0.25) is 0 Å². The summed E-state index contributed by atoms with van der Waals surface area (Å²) in [5, 5.41) is 22.4. The zero-order valence-corrected chi connectivity index (χ0v) is 33.3. The highest BCUT2D eigenvalue weighted by molar-refractivity contribution is 7.98. The van der Waals surface area contributed by atoms with Crippen LogP contribution in [0.3, 0.4) is 0 Å². The molecule has 0 spiro atoms. The molecule has 3 aromatic rings. The lowest BCUT2D eigenvalue weighted by molar-refractivity contribution is -0.146. The molecule has 54 heavy (non-hydrogen) atoms. The predicted molar refractivity (Wildman–Crippen MR) is 210 cm³/mol. The van der Waals surface area contributed by atoms with Crippen molar-refractivity contribution in [3.8, 4) is 17.1 Å². The zero-order valence-electron chi connectivity index (χ0n) is 31.6. The third kappa shape index (κ3) is 8.31. The standard InChI is InChI=1S/C39H50N6O7S2/c1-8-22-18-39(22,35(48)49)44-33(46)28-16-24(19-45(28)34(47)32(38(4,5)6)43-37(50)52-23-12-9-10-13-23)51-29-17-26(27-20-54-36(42-27)40-21(2)3)41-31-25(29)14-11-15-30(31)53-7/h8,11,14-15,17,20-24,28,32H,1,9-10,12-13,16,18-19H2,2-7H3,(H,40,42)(H,43,50)(H,44,46)(H,48,49). The molecular weight excluding hydrogens is 729 g/mol. The van der Waals surface area contributed by atoms with E-state index in [0.29, 0.717) is 17.1 Å². The Labute approximate surface area is 324 Å². The van der Waals surface area contributed by atoms with Crippen molar-refractivity contribution in [2.24, 2.45) is 11.3 Å². The number of aliphatic carboxylic acids is 1. The number of alkyl carbamates (subject to hydrolysis) is 1. The molecular formula is C39H50N6O7S2. The number of ether oxygens (including phenoxy) is 2. The molecule has 3 amide bonds. The lowest BCUT2D eigenvalue weighted by Gasteiger charge is -2.35. The van der Waals surface area contributed by atoms with Crippen LogP contribution in [-0.4, -0.2) is 92.5 Å². The second-order valence-corrected chi connectivity index (χ2v) is 17.5. The topological polar surface area (TPSA) is 172 Å². The molecule has 290 valence electrons. The average Bonchev–Trinajstić information content (AvgIpc) is 3.53. The first-order valence-corrected chi connectivity index (χ1v) is 20.6. The number of amides is 3. The van der Waals surface area contributed by atoms with Crippen LogP contribution >= 0.6 is 23.1 Å². The summed E-state index contributed by atoms with van der Waals surface area (Å²) in [5.41, 5.74) is -0.248. The number of thiazole rings is 1. The van der Waals surface area contributed by atoms with Gasteiger partial charge in [0.15, 0.2) is 5.13 Å². The summed E-state index contributed by atoms with van der Waals surface area (Å²) in [6.45, 7) is 13.3. The second kappa shape index (κ2) is 15.8. The van der Waals surface area contributed by atoms with Crippen LogP contribution in [0.25, 0.3) is 22.3 Å². The Morgan fingerprint density at radius 2 is 1.87 bits per heavy atom. The average molecular weight is 779 g/mol. The van der Waals surface area contributed by atoms with Gasteiger partial charge in [-0.05, 0) is 69.8 Å². The highest BCUT2D eigenvalue weighted by Crippen LogP contribution is 2.45. The maximum atomic E-state index is 14.6. The molecule has 2 aromatic heterocycles. The van der Waals surface area contributed by atoms with Crippen molar-refractivity contribution >= 4 is 63.0 Å². The van der Waals surface area contributed by atoms with E-state index in [2.05, 4.69) is 22.5 Å². The first-order valence-electron chi connectivity index (χ1n) is 18.5. The number of para-hydroxylation sites is 1. The van der Waals surface area contributed by atoms with Gasteiger partial charge in [-0.3, -0.25) is 9.59 Å². The number of hydrogen-bond donors (Lipinski definition) is 4. The van der Waals surface area contributed by atoms with Gasteiger partial charge in [0.1, 0.15) is 41.3 Å². The normalized spacial score (nSPS) is 23.2. The number of carboxylic acid groups (broad SMARTS) is 1. The third-order valence-electron chi connectivity index (χ3n) is 10.3. The van der Waals surface area contributed by atoms with Crippen molar-refractivity contribution in [1.82, 2.24) is 25.5 Å². The second-order valence-electron chi connectivity index (χ2n) is 15.7. The molecule has 4 N–H and O–H groups in total. The van der Waals surface area contributed by atoms with Crippen LogP contribution in [0, 0.1) is 11.3 Å². The molecule has 1 saturated heterocycles. The molecule has 6 rings (SSSR count). The quantitative estimate of drug-likeness (QED) is 0.111. The Balaban J connectivity index is 1.33. The van der Waals surface area contributed by atoms with E-state index in [1.165, 1.54) is 22.3 Å². The summed E-state index contributed by atoms with van der Waals surface area (Å²) < 4.78 is 12.4. The summed E-state index contributed by atoms with van der Waals surface area (Å²) in [4.78, 5) is 66.3. The molecule has 3 fully saturated rings. The molecule has 3 heterocycles. The van der Waals surface area contributed by atoms with E-state index in [9.17, 15) is 24.3 Å². The fourth-order valence-electron chi connectivity index (χ4n) is 7.29. The monoisotopic (exact) mass is 778 g/mol. The minimum absolute atomic E-state index is 0.00827. The van der Waals surface area contributed by atoms with Gasteiger partial charge in [-0.2, -0.15) is 0 Å². The lowest BCUT2D eigenvalue weighted by Crippen LogP contribution is -2.59. The third-order valence-corrected chi connectivity index (χ3v) is 11.8. The maximum absolute atomic E-state index is 14.6. The van der Waals surface area contributed by atoms with Gasteiger partial charge in [-0.15, -0.1) is 29.7 Å². The van der Waals surface area contributed by atoms with E-state index in [1.54, 1.807) is 11.8 Å². The van der Waals surface area contributed by atoms with Crippen molar-refractivity contribution in [3.05, 3.63) is 42.3 Å². The number of thioether (sulfide) groups is 1. The number of nitrogens with one attached hydrogen (secondary N) is 3. The Hall–Kier alpha value is -4.37. The van der Waals surface area contributed by atoms with Crippen LogP contribution in [-0.2, 0) is 19.1 Å². The van der Waals surface area contributed by atoms with Gasteiger partial charge in [0.05, 0.1) is 17.8 Å². The number of carbonyl (C=O) groups is 4. The maximum Gasteiger partial charge on any atom is 0.408 e. The molecule has 1 aromatic carbocycles. The number of carboxylic acids is 1. The van der Waals surface area contributed by atoms with Gasteiger partial charge >= 0.3 is 12.1 Å². The number of pyridine rings is 1. The molecule has 2 saturated carbocycles. The SMILES string of the molecule is C=CC1CC1(NC(=O)C1CC(Oc2cc(-c3csc(NC(C)C)n3)nc3c(SC)cccc23)CN1C(=O)C(NC(=O)OC1CCCC1)C(C)(C)C)C(=O)O. The van der Waals surface area contributed by atoms with E-state index in [0.717, 1.165) is 46.6 Å². The predicted octanol–water partition coefficient (Wildman–Crippen LogP) is 6.48. The highest BCUT2D eigenvalue weighted by Gasteiger charge is 2.61. The molecule has 13 nitrogen and oxygen atoms in total. The summed E-state index contributed by atoms with van der Waals surface area (Å²) >= 11 is 3.04. The number of hydrogen-bond acceptors (Lipinski definition) is 11. The van der Waals surface area contributed by atoms with Gasteiger partial charge in [0.25, 0.3) is 0 Å². The summed E-state index contributed by atoms with van der Waals surface area (Å²) in [7, 11) is 0. The van der Waals surface area contributed by atoms with Crippen LogP contribution in [0.15, 0.2) is 47.2 Å². The molecule has 3 aliphatic rings. The molecule has 5 atom stereocenters. The first-order chi connectivity index (χ1) is 25.6. The van der Waals surface area contributed by atoms with Gasteiger partial charge in [0.2, 0.25) is 11.8 Å². The minimum atomic E-state index is -1.50. The number of likely N-dealkylation sites (tertiary alicyclic amines) is 1. The fourth-order valence-corrected chi connectivity index (χ4v) is 8.70. The smallest absolute Gasteiger partial charge is 0.408 e. The molecule has 5 unspecified atom stereocenters. The van der Waals surface area contributed by atoms with E-state index in [-0.39, 0.29) is 31.5 Å². The molecule has 2 aliphatic carbocycles. The van der Waals surface area contributed by atoms with Crippen molar-refractivity contribution in [2.45, 2.75) is 114 Å². The Bertz CT molecular complexity index is 1920. The van der Waals surface area contributed by atoms with Gasteiger partial charge in [-0.25, -0.2) is 19.6 Å². The van der Waals surface area contributed by atoms with E-state index >= 15 is 0 Å².